The molecule has 0 amide bonds. The number of hydrogen-bond donors (Lipinski definition) is 0. The number of Topliss-reactive ketones (excluding diaryl/α,β-unsaturated/α-hetero) is 1. The van der Waals surface area contributed by atoms with E-state index < -0.39 is 0 Å². The van der Waals surface area contributed by atoms with Gasteiger partial charge in [-0.1, -0.05) is 102 Å². The van der Waals surface area contributed by atoms with Gasteiger partial charge in [0.05, 0.1) is 12.3 Å². The van der Waals surface area contributed by atoms with Crippen LogP contribution in [0.2, 0.25) is 0 Å². The highest BCUT2D eigenvalue weighted by Crippen LogP contribution is 2.25. The minimum atomic E-state index is 0.0884. The summed E-state index contributed by atoms with van der Waals surface area (Å²) in [6.07, 6.45) is 0. The molecule has 0 unspecified atom stereocenters. The van der Waals surface area contributed by atoms with Gasteiger partial charge in [0, 0.05) is 11.1 Å². The summed E-state index contributed by atoms with van der Waals surface area (Å²) >= 11 is 1.43. The Morgan fingerprint density at radius 2 is 1.52 bits per heavy atom. The zero-order chi connectivity index (χ0) is 20.1. The summed E-state index contributed by atoms with van der Waals surface area (Å²) in [7, 11) is 0. The molecule has 0 saturated carbocycles. The molecule has 0 saturated heterocycles. The van der Waals surface area contributed by atoms with Gasteiger partial charge in [0.25, 0.3) is 0 Å². The molecule has 1 aromatic heterocycles. The lowest BCUT2D eigenvalue weighted by molar-refractivity contribution is 0.102. The molecular weight excluding hydrogens is 378 g/mol. The Hall–Kier alpha value is -3.18. The Balaban J connectivity index is 1.59. The first-order valence-corrected chi connectivity index (χ1v) is 10.4. The molecule has 0 fully saturated rings. The fourth-order valence-corrected chi connectivity index (χ4v) is 3.89. The van der Waals surface area contributed by atoms with Gasteiger partial charge in [0.1, 0.15) is 0 Å². The minimum absolute atomic E-state index is 0.0884. The average molecular weight is 400 g/mol. The summed E-state index contributed by atoms with van der Waals surface area (Å²) in [5.41, 5.74) is 4.04. The number of ketones is 1. The summed E-state index contributed by atoms with van der Waals surface area (Å²) in [5, 5.41) is 9.56. The van der Waals surface area contributed by atoms with Crippen molar-refractivity contribution in [3.8, 4) is 11.4 Å². The highest BCUT2D eigenvalue weighted by Gasteiger charge is 2.16. The van der Waals surface area contributed by atoms with E-state index in [0.29, 0.717) is 12.3 Å². The van der Waals surface area contributed by atoms with Gasteiger partial charge in [-0.2, -0.15) is 0 Å². The van der Waals surface area contributed by atoms with Gasteiger partial charge in [-0.05, 0) is 12.5 Å². The molecule has 0 aliphatic carbocycles. The Morgan fingerprint density at radius 1 is 0.862 bits per heavy atom. The molecule has 0 radical (unpaired) electrons. The number of hydrogen-bond acceptors (Lipinski definition) is 4. The van der Waals surface area contributed by atoms with Crippen LogP contribution in [0.5, 0.6) is 0 Å². The first kappa shape index (κ1) is 19.2. The maximum Gasteiger partial charge on any atom is 0.192 e. The fourth-order valence-electron chi connectivity index (χ4n) is 3.06. The van der Waals surface area contributed by atoms with Crippen molar-refractivity contribution < 1.29 is 4.79 Å². The van der Waals surface area contributed by atoms with E-state index in [1.54, 1.807) is 0 Å². The molecule has 0 aliphatic rings. The van der Waals surface area contributed by atoms with Crippen molar-refractivity contribution in [2.24, 2.45) is 0 Å². The van der Waals surface area contributed by atoms with Crippen molar-refractivity contribution in [2.75, 3.05) is 5.75 Å². The third-order valence-corrected chi connectivity index (χ3v) is 5.61. The molecule has 144 valence electrons. The van der Waals surface area contributed by atoms with Crippen LogP contribution in [0, 0.1) is 6.92 Å². The quantitative estimate of drug-likeness (QED) is 0.313. The number of thioether (sulfide) groups is 1. The number of benzene rings is 3. The summed E-state index contributed by atoms with van der Waals surface area (Å²) in [4.78, 5) is 12.6. The molecule has 1 heterocycles. The number of carbonyl (C=O) groups excluding carboxylic acids is 1. The van der Waals surface area contributed by atoms with Gasteiger partial charge in [-0.3, -0.25) is 9.36 Å². The molecule has 4 nitrogen and oxygen atoms in total. The van der Waals surface area contributed by atoms with Gasteiger partial charge < -0.3 is 0 Å². The van der Waals surface area contributed by atoms with E-state index in [0.717, 1.165) is 33.2 Å². The first-order valence-electron chi connectivity index (χ1n) is 9.46. The van der Waals surface area contributed by atoms with Crippen molar-refractivity contribution in [3.05, 3.63) is 102 Å². The van der Waals surface area contributed by atoms with Gasteiger partial charge in [-0.15, -0.1) is 10.2 Å². The van der Waals surface area contributed by atoms with E-state index in [1.807, 2.05) is 79.7 Å². The van der Waals surface area contributed by atoms with E-state index in [1.165, 1.54) is 11.8 Å². The fraction of sp³-hybridized carbons (Fsp3) is 0.125. The molecule has 29 heavy (non-hydrogen) atoms. The number of aryl methyl sites for hydroxylation is 1. The molecule has 0 spiro atoms. The Morgan fingerprint density at radius 3 is 2.21 bits per heavy atom. The number of rotatable bonds is 7. The average Bonchev–Trinajstić information content (AvgIpc) is 3.16. The minimum Gasteiger partial charge on any atom is -0.298 e. The number of carbonyl (C=O) groups is 1. The normalized spacial score (nSPS) is 10.8. The molecular formula is C24H21N3OS. The van der Waals surface area contributed by atoms with Crippen molar-refractivity contribution in [1.29, 1.82) is 0 Å². The second-order valence-electron chi connectivity index (χ2n) is 6.82. The lowest BCUT2D eigenvalue weighted by atomic mass is 10.1. The lowest BCUT2D eigenvalue weighted by Crippen LogP contribution is -2.07. The highest BCUT2D eigenvalue weighted by molar-refractivity contribution is 7.99. The molecule has 0 atom stereocenters. The molecule has 0 aliphatic heterocycles. The van der Waals surface area contributed by atoms with Crippen LogP contribution >= 0.6 is 11.8 Å². The van der Waals surface area contributed by atoms with Gasteiger partial charge >= 0.3 is 0 Å². The molecule has 0 bridgehead atoms. The largest absolute Gasteiger partial charge is 0.298 e. The van der Waals surface area contributed by atoms with Crippen LogP contribution in [-0.4, -0.2) is 26.3 Å². The predicted octanol–water partition coefficient (Wildman–Crippen LogP) is 5.28. The second kappa shape index (κ2) is 8.88. The van der Waals surface area contributed by atoms with Crippen molar-refractivity contribution >= 4 is 17.5 Å². The lowest BCUT2D eigenvalue weighted by Gasteiger charge is -2.10. The van der Waals surface area contributed by atoms with Crippen molar-refractivity contribution in [2.45, 2.75) is 18.6 Å². The zero-order valence-corrected chi connectivity index (χ0v) is 17.0. The van der Waals surface area contributed by atoms with E-state index in [4.69, 9.17) is 0 Å². The van der Waals surface area contributed by atoms with E-state index >= 15 is 0 Å². The van der Waals surface area contributed by atoms with Crippen LogP contribution < -0.4 is 0 Å². The van der Waals surface area contributed by atoms with E-state index in [9.17, 15) is 4.79 Å². The maximum absolute atomic E-state index is 12.6. The first-order chi connectivity index (χ1) is 14.2. The molecule has 4 rings (SSSR count). The maximum atomic E-state index is 12.6. The monoisotopic (exact) mass is 399 g/mol. The Kier molecular flexibility index (Phi) is 5.86. The van der Waals surface area contributed by atoms with Crippen LogP contribution in [0.15, 0.2) is 90.1 Å². The van der Waals surface area contributed by atoms with Crippen LogP contribution in [0.4, 0.5) is 0 Å². The van der Waals surface area contributed by atoms with Gasteiger partial charge in [-0.25, -0.2) is 0 Å². The van der Waals surface area contributed by atoms with Crippen molar-refractivity contribution in [1.82, 2.24) is 14.8 Å². The van der Waals surface area contributed by atoms with Crippen LogP contribution in [0.3, 0.4) is 0 Å². The zero-order valence-electron chi connectivity index (χ0n) is 16.2. The SMILES string of the molecule is Cc1ccc(C(=O)CSc2nnc(-c3ccccc3)n2Cc2ccccc2)cc1. The second-order valence-corrected chi connectivity index (χ2v) is 7.76. The predicted molar refractivity (Wildman–Crippen MR) is 117 cm³/mol. The summed E-state index contributed by atoms with van der Waals surface area (Å²) < 4.78 is 2.08. The summed E-state index contributed by atoms with van der Waals surface area (Å²) in [6, 6.07) is 27.9. The van der Waals surface area contributed by atoms with Gasteiger partial charge in [0.2, 0.25) is 0 Å². The molecule has 0 N–H and O–H groups in total. The number of nitrogens with zero attached hydrogens (tertiary/aromatic N) is 3. The summed E-state index contributed by atoms with van der Waals surface area (Å²) in [6.45, 7) is 2.67. The van der Waals surface area contributed by atoms with Gasteiger partial charge in [0.15, 0.2) is 16.8 Å². The van der Waals surface area contributed by atoms with E-state index in [-0.39, 0.29) is 5.78 Å². The summed E-state index contributed by atoms with van der Waals surface area (Å²) in [5.74, 6) is 1.22. The number of aromatic nitrogens is 3. The third kappa shape index (κ3) is 4.63. The van der Waals surface area contributed by atoms with Crippen LogP contribution in [0.1, 0.15) is 21.5 Å². The molecule has 5 heteroatoms. The van der Waals surface area contributed by atoms with Crippen molar-refractivity contribution in [3.63, 3.8) is 0 Å². The van der Waals surface area contributed by atoms with Crippen LogP contribution in [0.25, 0.3) is 11.4 Å². The highest BCUT2D eigenvalue weighted by atomic mass is 32.2. The Bertz CT molecular complexity index is 1090. The topological polar surface area (TPSA) is 47.8 Å². The third-order valence-electron chi connectivity index (χ3n) is 4.64. The standard InChI is InChI=1S/C24H21N3OS/c1-18-12-14-20(15-13-18)22(28)17-29-24-26-25-23(21-10-6-3-7-11-21)27(24)16-19-8-4-2-5-9-19/h2-15H,16-17H2,1H3. The van der Waals surface area contributed by atoms with E-state index in [2.05, 4.69) is 26.9 Å². The smallest absolute Gasteiger partial charge is 0.192 e. The molecule has 3 aromatic carbocycles. The van der Waals surface area contributed by atoms with Crippen LogP contribution in [-0.2, 0) is 6.54 Å². The Labute approximate surface area is 174 Å². The molecule has 4 aromatic rings.